The standard InChI is InChI=1S/C35H29BrClFN2O7/c1-35-23(32(43)40(34(35)45)18-8-11-25(38)24(37)12-18)15-22-20(30(35)29-26(46-2)13-19(41)14-27(29)47-3)9-10-21-28(22)33(44)39(31(21)42)17-6-4-16(36)5-7-17/h4-9,11-14,21-23,28,30,41H,10,15H2,1-3H3. The van der Waals surface area contributed by atoms with Gasteiger partial charge in [0, 0.05) is 28.1 Å². The maximum absolute atomic E-state index is 14.7. The first-order valence-corrected chi connectivity index (χ1v) is 16.2. The molecule has 0 radical (unpaired) electrons. The Morgan fingerprint density at radius 2 is 1.53 bits per heavy atom. The Morgan fingerprint density at radius 3 is 2.15 bits per heavy atom. The molecule has 2 aliphatic heterocycles. The number of fused-ring (bicyclic) bond motifs is 4. The van der Waals surface area contributed by atoms with Gasteiger partial charge >= 0.3 is 0 Å². The predicted octanol–water partition coefficient (Wildman–Crippen LogP) is 6.40. The maximum atomic E-state index is 14.7. The fraction of sp³-hybridized carbons (Fsp3) is 0.314. The third-order valence-corrected chi connectivity index (χ3v) is 11.2. The number of anilines is 2. The molecule has 6 atom stereocenters. The van der Waals surface area contributed by atoms with Crippen molar-refractivity contribution in [2.45, 2.75) is 25.7 Å². The van der Waals surface area contributed by atoms with E-state index in [-0.39, 0.29) is 52.6 Å². The van der Waals surface area contributed by atoms with E-state index in [1.165, 1.54) is 43.4 Å². The third kappa shape index (κ3) is 4.46. The van der Waals surface area contributed by atoms with Gasteiger partial charge in [0.25, 0.3) is 0 Å². The van der Waals surface area contributed by atoms with E-state index in [0.717, 1.165) is 15.4 Å². The first-order valence-electron chi connectivity index (χ1n) is 15.0. The number of benzene rings is 3. The number of allylic oxidation sites excluding steroid dienone is 2. The monoisotopic (exact) mass is 722 g/mol. The molecule has 4 aliphatic rings. The predicted molar refractivity (Wildman–Crippen MR) is 174 cm³/mol. The number of carbonyl (C=O) groups is 4. The van der Waals surface area contributed by atoms with E-state index in [9.17, 15) is 28.7 Å². The molecule has 1 N–H and O–H groups in total. The second kappa shape index (κ2) is 11.2. The fourth-order valence-corrected chi connectivity index (χ4v) is 8.69. The van der Waals surface area contributed by atoms with Gasteiger partial charge in [-0.2, -0.15) is 0 Å². The highest BCUT2D eigenvalue weighted by Crippen LogP contribution is 2.65. The van der Waals surface area contributed by atoms with E-state index in [1.807, 2.05) is 6.08 Å². The number of hydrogen-bond donors (Lipinski definition) is 1. The van der Waals surface area contributed by atoms with Crippen LogP contribution in [0.25, 0.3) is 0 Å². The minimum Gasteiger partial charge on any atom is -0.508 e. The zero-order valence-corrected chi connectivity index (χ0v) is 27.8. The summed E-state index contributed by atoms with van der Waals surface area (Å²) in [5, 5.41) is 10.3. The van der Waals surface area contributed by atoms with Crippen molar-refractivity contribution in [2.24, 2.45) is 29.1 Å². The van der Waals surface area contributed by atoms with Crippen LogP contribution in [0.2, 0.25) is 5.02 Å². The molecule has 9 nitrogen and oxygen atoms in total. The summed E-state index contributed by atoms with van der Waals surface area (Å²) in [6.45, 7) is 1.71. The van der Waals surface area contributed by atoms with Crippen LogP contribution in [0, 0.1) is 34.9 Å². The van der Waals surface area contributed by atoms with Crippen LogP contribution in [0.5, 0.6) is 17.2 Å². The molecule has 7 rings (SSSR count). The molecule has 4 amide bonds. The van der Waals surface area contributed by atoms with Gasteiger partial charge in [-0.25, -0.2) is 9.29 Å². The van der Waals surface area contributed by atoms with E-state index >= 15 is 0 Å². The number of phenols is 1. The molecule has 6 unspecified atom stereocenters. The number of phenolic OH excluding ortho intramolecular Hbond substituents is 1. The van der Waals surface area contributed by atoms with Crippen LogP contribution in [0.15, 0.2) is 70.7 Å². The van der Waals surface area contributed by atoms with Crippen molar-refractivity contribution in [1.29, 1.82) is 0 Å². The van der Waals surface area contributed by atoms with E-state index < -0.39 is 52.6 Å². The van der Waals surface area contributed by atoms with Gasteiger partial charge in [0.1, 0.15) is 23.1 Å². The number of amides is 4. The lowest BCUT2D eigenvalue weighted by Gasteiger charge is -2.49. The largest absolute Gasteiger partial charge is 0.508 e. The van der Waals surface area contributed by atoms with Crippen molar-refractivity contribution in [2.75, 3.05) is 24.0 Å². The number of nitrogens with zero attached hydrogens (tertiary/aromatic N) is 2. The van der Waals surface area contributed by atoms with Crippen LogP contribution in [-0.4, -0.2) is 43.0 Å². The lowest BCUT2D eigenvalue weighted by atomic mass is 9.51. The van der Waals surface area contributed by atoms with Gasteiger partial charge in [0.15, 0.2) is 0 Å². The normalized spacial score (nSPS) is 28.2. The molecule has 2 saturated heterocycles. The second-order valence-electron chi connectivity index (χ2n) is 12.5. The molecule has 2 heterocycles. The average molecular weight is 724 g/mol. The summed E-state index contributed by atoms with van der Waals surface area (Å²) in [5.74, 6) is -5.98. The van der Waals surface area contributed by atoms with Crippen molar-refractivity contribution in [3.63, 3.8) is 0 Å². The van der Waals surface area contributed by atoms with Gasteiger partial charge in [-0.3, -0.25) is 24.1 Å². The van der Waals surface area contributed by atoms with Gasteiger partial charge in [-0.1, -0.05) is 39.2 Å². The van der Waals surface area contributed by atoms with Crippen LogP contribution < -0.4 is 19.3 Å². The molecule has 1 saturated carbocycles. The molecular weight excluding hydrogens is 695 g/mol. The van der Waals surface area contributed by atoms with Crippen molar-refractivity contribution >= 4 is 62.5 Å². The molecule has 47 heavy (non-hydrogen) atoms. The number of hydrogen-bond acceptors (Lipinski definition) is 7. The summed E-state index contributed by atoms with van der Waals surface area (Å²) in [4.78, 5) is 59.4. The Kier molecular flexibility index (Phi) is 7.48. The number of ether oxygens (including phenoxy) is 2. The van der Waals surface area contributed by atoms with Crippen molar-refractivity contribution < 1.29 is 38.1 Å². The third-order valence-electron chi connectivity index (χ3n) is 10.3. The van der Waals surface area contributed by atoms with Gasteiger partial charge < -0.3 is 14.6 Å². The number of methoxy groups -OCH3 is 2. The van der Waals surface area contributed by atoms with E-state index in [4.69, 9.17) is 21.1 Å². The van der Waals surface area contributed by atoms with Crippen LogP contribution in [0.3, 0.4) is 0 Å². The molecule has 0 bridgehead atoms. The summed E-state index contributed by atoms with van der Waals surface area (Å²) in [6, 6.07) is 13.4. The smallest absolute Gasteiger partial charge is 0.241 e. The highest BCUT2D eigenvalue weighted by molar-refractivity contribution is 9.10. The lowest BCUT2D eigenvalue weighted by Crippen LogP contribution is -2.49. The topological polar surface area (TPSA) is 113 Å². The highest BCUT2D eigenvalue weighted by atomic mass is 79.9. The summed E-state index contributed by atoms with van der Waals surface area (Å²) < 4.78 is 26.4. The molecule has 3 aromatic rings. The summed E-state index contributed by atoms with van der Waals surface area (Å²) in [5.41, 5.74) is 0.280. The lowest BCUT2D eigenvalue weighted by molar-refractivity contribution is -0.131. The zero-order chi connectivity index (χ0) is 33.5. The Bertz CT molecular complexity index is 1890. The Balaban J connectivity index is 1.42. The maximum Gasteiger partial charge on any atom is 0.241 e. The van der Waals surface area contributed by atoms with Gasteiger partial charge in [0.05, 0.1) is 53.8 Å². The minimum atomic E-state index is -1.43. The van der Waals surface area contributed by atoms with Crippen LogP contribution in [-0.2, 0) is 19.2 Å². The quantitative estimate of drug-likeness (QED) is 0.240. The van der Waals surface area contributed by atoms with E-state index in [0.29, 0.717) is 16.8 Å². The molecule has 0 aromatic heterocycles. The number of rotatable bonds is 5. The summed E-state index contributed by atoms with van der Waals surface area (Å²) in [7, 11) is 2.85. The molecule has 3 fully saturated rings. The SMILES string of the molecule is COc1cc(O)cc(OC)c1C1C2=CCC3C(=O)N(c4ccc(Br)cc4)C(=O)C3C2CC2C(=O)N(c3ccc(F)c(Cl)c3)C(=O)C21C. The van der Waals surface area contributed by atoms with Crippen LogP contribution in [0.1, 0.15) is 31.2 Å². The van der Waals surface area contributed by atoms with Crippen molar-refractivity contribution in [1.82, 2.24) is 0 Å². The van der Waals surface area contributed by atoms with E-state index in [1.54, 1.807) is 31.2 Å². The summed E-state index contributed by atoms with van der Waals surface area (Å²) >= 11 is 9.49. The van der Waals surface area contributed by atoms with Crippen LogP contribution in [0.4, 0.5) is 15.8 Å². The van der Waals surface area contributed by atoms with Crippen LogP contribution >= 0.6 is 27.5 Å². The molecule has 12 heteroatoms. The van der Waals surface area contributed by atoms with Gasteiger partial charge in [-0.05, 0) is 68.1 Å². The minimum absolute atomic E-state index is 0.117. The molecule has 242 valence electrons. The Labute approximate surface area is 283 Å². The molecule has 3 aromatic carbocycles. The fourth-order valence-electron chi connectivity index (χ4n) is 8.25. The Morgan fingerprint density at radius 1 is 0.894 bits per heavy atom. The van der Waals surface area contributed by atoms with Crippen molar-refractivity contribution in [3.8, 4) is 17.2 Å². The first-order chi connectivity index (χ1) is 22.4. The highest BCUT2D eigenvalue weighted by Gasteiger charge is 2.68. The van der Waals surface area contributed by atoms with E-state index in [2.05, 4.69) is 15.9 Å². The van der Waals surface area contributed by atoms with Gasteiger partial charge in [-0.15, -0.1) is 0 Å². The molecule has 0 spiro atoms. The molecule has 2 aliphatic carbocycles. The second-order valence-corrected chi connectivity index (χ2v) is 13.8. The molecular formula is C35H29BrClFN2O7. The summed E-state index contributed by atoms with van der Waals surface area (Å²) in [6.07, 6.45) is 2.27. The average Bonchev–Trinajstić information content (AvgIpc) is 3.42. The van der Waals surface area contributed by atoms with Gasteiger partial charge in [0.2, 0.25) is 23.6 Å². The number of imide groups is 2. The number of aromatic hydroxyl groups is 1. The first kappa shape index (κ1) is 31.4. The van der Waals surface area contributed by atoms with Crippen molar-refractivity contribution in [3.05, 3.63) is 87.1 Å². The Hall–Kier alpha value is -4.22. The zero-order valence-electron chi connectivity index (χ0n) is 25.5. The number of halogens is 3. The number of carbonyl (C=O) groups excluding carboxylic acids is 4.